The number of thioether (sulfide) groups is 1. The number of rotatable bonds is 7. The Bertz CT molecular complexity index is 644. The second kappa shape index (κ2) is 8.18. The summed E-state index contributed by atoms with van der Waals surface area (Å²) in [5, 5.41) is 9.24. The van der Waals surface area contributed by atoms with Gasteiger partial charge in [-0.15, -0.1) is 0 Å². The lowest BCUT2D eigenvalue weighted by molar-refractivity contribution is -0.117. The van der Waals surface area contributed by atoms with Crippen molar-refractivity contribution in [3.05, 3.63) is 36.8 Å². The van der Waals surface area contributed by atoms with Crippen molar-refractivity contribution in [2.75, 3.05) is 17.3 Å². The fourth-order valence-electron chi connectivity index (χ4n) is 1.91. The number of hydrogen-bond donors (Lipinski definition) is 3. The molecular formula is C14H18N6O2S. The third-order valence-electron chi connectivity index (χ3n) is 3.00. The van der Waals surface area contributed by atoms with Gasteiger partial charge >= 0.3 is 6.03 Å². The van der Waals surface area contributed by atoms with Crippen molar-refractivity contribution < 1.29 is 9.59 Å². The zero-order valence-corrected chi connectivity index (χ0v) is 13.4. The number of nitrogens with zero attached hydrogens (tertiary/aromatic N) is 3. The molecule has 0 fully saturated rings. The lowest BCUT2D eigenvalue weighted by Crippen LogP contribution is -2.46. The second-order valence-electron chi connectivity index (χ2n) is 4.69. The van der Waals surface area contributed by atoms with Crippen LogP contribution in [0.1, 0.15) is 6.42 Å². The molecule has 1 atom stereocenters. The summed E-state index contributed by atoms with van der Waals surface area (Å²) in [7, 11) is 0. The zero-order valence-electron chi connectivity index (χ0n) is 12.6. The molecule has 4 N–H and O–H groups in total. The molecule has 2 aromatic heterocycles. The van der Waals surface area contributed by atoms with E-state index in [9.17, 15) is 9.59 Å². The van der Waals surface area contributed by atoms with Crippen molar-refractivity contribution in [1.82, 2.24) is 20.1 Å². The first-order valence-electron chi connectivity index (χ1n) is 6.92. The van der Waals surface area contributed by atoms with Gasteiger partial charge in [0.2, 0.25) is 5.91 Å². The van der Waals surface area contributed by atoms with Crippen molar-refractivity contribution >= 4 is 29.4 Å². The number of carbonyl (C=O) groups excluding carboxylic acids is 2. The van der Waals surface area contributed by atoms with Crippen LogP contribution in [-0.2, 0) is 4.79 Å². The molecular weight excluding hydrogens is 316 g/mol. The summed E-state index contributed by atoms with van der Waals surface area (Å²) in [5.41, 5.74) is 5.65. The summed E-state index contributed by atoms with van der Waals surface area (Å²) in [6.45, 7) is 0. The summed E-state index contributed by atoms with van der Waals surface area (Å²) < 4.78 is 1.61. The van der Waals surface area contributed by atoms with Gasteiger partial charge < -0.3 is 16.4 Å². The number of carbonyl (C=O) groups is 2. The summed E-state index contributed by atoms with van der Waals surface area (Å²) in [4.78, 5) is 27.5. The van der Waals surface area contributed by atoms with Crippen LogP contribution in [0.4, 0.5) is 10.5 Å². The van der Waals surface area contributed by atoms with Gasteiger partial charge in [-0.3, -0.25) is 4.79 Å². The van der Waals surface area contributed by atoms with Crippen molar-refractivity contribution in [1.29, 1.82) is 0 Å². The maximum absolute atomic E-state index is 12.2. The van der Waals surface area contributed by atoms with Crippen LogP contribution in [0.15, 0.2) is 36.8 Å². The minimum absolute atomic E-state index is 0.327. The minimum Gasteiger partial charge on any atom is -0.352 e. The van der Waals surface area contributed by atoms with Crippen LogP contribution in [0.5, 0.6) is 0 Å². The summed E-state index contributed by atoms with van der Waals surface area (Å²) in [6.07, 6.45) is 7.38. The van der Waals surface area contributed by atoms with E-state index in [0.717, 1.165) is 5.75 Å². The van der Waals surface area contributed by atoms with Crippen molar-refractivity contribution in [3.8, 4) is 5.82 Å². The molecule has 9 heteroatoms. The van der Waals surface area contributed by atoms with E-state index in [1.165, 1.54) is 6.20 Å². The van der Waals surface area contributed by atoms with Gasteiger partial charge in [-0.25, -0.2) is 14.5 Å². The Labute approximate surface area is 137 Å². The highest BCUT2D eigenvalue weighted by atomic mass is 32.2. The van der Waals surface area contributed by atoms with Gasteiger partial charge in [0.25, 0.3) is 0 Å². The van der Waals surface area contributed by atoms with E-state index in [0.29, 0.717) is 17.9 Å². The molecule has 2 aromatic rings. The molecule has 0 saturated carbocycles. The number of urea groups is 1. The highest BCUT2D eigenvalue weighted by Gasteiger charge is 2.19. The van der Waals surface area contributed by atoms with Gasteiger partial charge in [-0.2, -0.15) is 16.9 Å². The fourth-order valence-corrected chi connectivity index (χ4v) is 2.38. The largest absolute Gasteiger partial charge is 0.352 e. The Morgan fingerprint density at radius 1 is 1.43 bits per heavy atom. The molecule has 2 heterocycles. The van der Waals surface area contributed by atoms with Crippen LogP contribution in [0.3, 0.4) is 0 Å². The molecule has 0 aliphatic carbocycles. The van der Waals surface area contributed by atoms with Crippen molar-refractivity contribution in [3.63, 3.8) is 0 Å². The molecule has 0 aromatic carbocycles. The average molecular weight is 334 g/mol. The number of aromatic nitrogens is 3. The second-order valence-corrected chi connectivity index (χ2v) is 5.67. The lowest BCUT2D eigenvalue weighted by Gasteiger charge is -2.16. The fraction of sp³-hybridized carbons (Fsp3) is 0.286. The Kier molecular flexibility index (Phi) is 5.98. The summed E-state index contributed by atoms with van der Waals surface area (Å²) in [6, 6.07) is 3.85. The first kappa shape index (κ1) is 16.8. The van der Waals surface area contributed by atoms with Crippen molar-refractivity contribution in [2.24, 2.45) is 5.73 Å². The number of anilines is 1. The van der Waals surface area contributed by atoms with Gasteiger partial charge in [-0.1, -0.05) is 0 Å². The van der Waals surface area contributed by atoms with Crippen LogP contribution in [0.2, 0.25) is 0 Å². The minimum atomic E-state index is -0.724. The van der Waals surface area contributed by atoms with Gasteiger partial charge in [0.1, 0.15) is 6.04 Å². The molecule has 23 heavy (non-hydrogen) atoms. The highest BCUT2D eigenvalue weighted by Crippen LogP contribution is 2.10. The van der Waals surface area contributed by atoms with Crippen LogP contribution >= 0.6 is 11.8 Å². The van der Waals surface area contributed by atoms with E-state index in [4.69, 9.17) is 5.73 Å². The number of hydrogen-bond acceptors (Lipinski definition) is 5. The standard InChI is InChI=1S/C14H18N6O2S/c1-23-8-5-11(19-14(15)22)13(21)18-10-3-4-12(16-9-10)20-7-2-6-17-20/h2-4,6-7,9,11H,5,8H2,1H3,(H,18,21)(H3,15,19,22). The van der Waals surface area contributed by atoms with E-state index in [-0.39, 0.29) is 5.91 Å². The lowest BCUT2D eigenvalue weighted by atomic mass is 10.2. The van der Waals surface area contributed by atoms with Crippen molar-refractivity contribution in [2.45, 2.75) is 12.5 Å². The number of primary amides is 1. The van der Waals surface area contributed by atoms with E-state index in [2.05, 4.69) is 20.7 Å². The van der Waals surface area contributed by atoms with Crippen LogP contribution in [0, 0.1) is 0 Å². The van der Waals surface area contributed by atoms with E-state index >= 15 is 0 Å². The molecule has 0 aliphatic rings. The number of nitrogens with two attached hydrogens (primary N) is 1. The number of nitrogens with one attached hydrogen (secondary N) is 2. The highest BCUT2D eigenvalue weighted by molar-refractivity contribution is 7.98. The van der Waals surface area contributed by atoms with Gasteiger partial charge in [0.15, 0.2) is 5.82 Å². The molecule has 0 aliphatic heterocycles. The molecule has 8 nitrogen and oxygen atoms in total. The third-order valence-corrected chi connectivity index (χ3v) is 3.64. The van der Waals surface area contributed by atoms with Gasteiger partial charge in [0, 0.05) is 12.4 Å². The predicted molar refractivity (Wildman–Crippen MR) is 89.5 cm³/mol. The monoisotopic (exact) mass is 334 g/mol. The molecule has 1 unspecified atom stereocenters. The van der Waals surface area contributed by atoms with Crippen LogP contribution in [0.25, 0.3) is 5.82 Å². The van der Waals surface area contributed by atoms with Crippen LogP contribution < -0.4 is 16.4 Å². The third kappa shape index (κ3) is 4.99. The Hall–Kier alpha value is -2.55. The average Bonchev–Trinajstić information content (AvgIpc) is 3.06. The van der Waals surface area contributed by atoms with Crippen LogP contribution in [-0.4, -0.2) is 44.8 Å². The molecule has 0 saturated heterocycles. The first-order valence-corrected chi connectivity index (χ1v) is 8.31. The molecule has 2 rings (SSSR count). The molecule has 0 radical (unpaired) electrons. The van der Waals surface area contributed by atoms with E-state index in [1.807, 2.05) is 6.26 Å². The number of amides is 3. The normalized spacial score (nSPS) is 11.7. The summed E-state index contributed by atoms with van der Waals surface area (Å²) >= 11 is 1.59. The quantitative estimate of drug-likeness (QED) is 0.698. The SMILES string of the molecule is CSCCC(NC(N)=O)C(=O)Nc1ccc(-n2cccn2)nc1. The zero-order chi connectivity index (χ0) is 16.7. The molecule has 0 spiro atoms. The molecule has 0 bridgehead atoms. The Morgan fingerprint density at radius 3 is 2.83 bits per heavy atom. The Balaban J connectivity index is 2.01. The Morgan fingerprint density at radius 2 is 2.26 bits per heavy atom. The van der Waals surface area contributed by atoms with E-state index in [1.54, 1.807) is 47.0 Å². The maximum atomic E-state index is 12.2. The first-order chi connectivity index (χ1) is 11.1. The van der Waals surface area contributed by atoms with E-state index < -0.39 is 12.1 Å². The molecule has 3 amide bonds. The van der Waals surface area contributed by atoms with Gasteiger partial charge in [-0.05, 0) is 36.6 Å². The molecule has 122 valence electrons. The van der Waals surface area contributed by atoms with Gasteiger partial charge in [0.05, 0.1) is 11.9 Å². The maximum Gasteiger partial charge on any atom is 0.312 e. The predicted octanol–water partition coefficient (Wildman–Crippen LogP) is 0.996. The smallest absolute Gasteiger partial charge is 0.312 e. The topological polar surface area (TPSA) is 115 Å². The number of pyridine rings is 1. The summed E-state index contributed by atoms with van der Waals surface area (Å²) in [5.74, 6) is 1.04.